The van der Waals surface area contributed by atoms with Crippen LogP contribution in [0.5, 0.6) is 0 Å². The Morgan fingerprint density at radius 2 is 2.09 bits per heavy atom. The molecule has 1 N–H and O–H groups in total. The number of rotatable bonds is 8. The Kier molecular flexibility index (Phi) is 6.92. The lowest BCUT2D eigenvalue weighted by molar-refractivity contribution is -0.118. The number of hydrogen-bond acceptors (Lipinski definition) is 5. The number of ether oxygens (including phenoxy) is 1. The van der Waals surface area contributed by atoms with Crippen molar-refractivity contribution in [3.8, 4) is 0 Å². The van der Waals surface area contributed by atoms with E-state index in [1.54, 1.807) is 0 Å². The van der Waals surface area contributed by atoms with Crippen molar-refractivity contribution < 1.29 is 17.9 Å². The van der Waals surface area contributed by atoms with Gasteiger partial charge >= 0.3 is 0 Å². The lowest BCUT2D eigenvalue weighted by atomic mass is 10.1. The van der Waals surface area contributed by atoms with Crippen LogP contribution < -0.4 is 5.32 Å². The molecule has 1 fully saturated rings. The van der Waals surface area contributed by atoms with Gasteiger partial charge in [0.1, 0.15) is 0 Å². The van der Waals surface area contributed by atoms with Crippen molar-refractivity contribution in [2.75, 3.05) is 23.9 Å². The molecule has 1 aromatic rings. The Morgan fingerprint density at radius 3 is 2.74 bits per heavy atom. The van der Waals surface area contributed by atoms with E-state index < -0.39 is 9.84 Å². The van der Waals surface area contributed by atoms with Crippen molar-refractivity contribution in [1.82, 2.24) is 5.32 Å². The van der Waals surface area contributed by atoms with Crippen LogP contribution in [-0.4, -0.2) is 43.4 Å². The predicted octanol–water partition coefficient (Wildman–Crippen LogP) is 1.76. The fraction of sp³-hybridized carbons (Fsp3) is 0.562. The quantitative estimate of drug-likeness (QED) is 0.767. The number of thioether (sulfide) groups is 1. The zero-order valence-electron chi connectivity index (χ0n) is 13.3. The fourth-order valence-corrected chi connectivity index (χ4v) is 5.89. The molecule has 0 aliphatic carbocycles. The van der Waals surface area contributed by atoms with Crippen molar-refractivity contribution >= 4 is 27.5 Å². The van der Waals surface area contributed by atoms with E-state index in [9.17, 15) is 13.2 Å². The molecule has 2 rings (SSSR count). The molecule has 0 aromatic heterocycles. The Hall–Kier alpha value is -1.05. The molecule has 0 bridgehead atoms. The molecule has 1 atom stereocenters. The molecule has 1 aromatic carbocycles. The van der Waals surface area contributed by atoms with Crippen LogP contribution in [0.2, 0.25) is 0 Å². The summed E-state index contributed by atoms with van der Waals surface area (Å²) < 4.78 is 28.2. The third kappa shape index (κ3) is 6.16. The summed E-state index contributed by atoms with van der Waals surface area (Å²) in [7, 11) is -2.88. The number of carbonyl (C=O) groups is 1. The zero-order chi connectivity index (χ0) is 16.7. The molecule has 23 heavy (non-hydrogen) atoms. The molecule has 128 valence electrons. The summed E-state index contributed by atoms with van der Waals surface area (Å²) >= 11 is 1.43. The van der Waals surface area contributed by atoms with Crippen molar-refractivity contribution in [3.63, 3.8) is 0 Å². The summed E-state index contributed by atoms with van der Waals surface area (Å²) in [6, 6.07) is 7.87. The van der Waals surface area contributed by atoms with Crippen LogP contribution in [0, 0.1) is 0 Å². The van der Waals surface area contributed by atoms with Gasteiger partial charge in [0.15, 0.2) is 9.84 Å². The lowest BCUT2D eigenvalue weighted by Gasteiger charge is -2.11. The minimum atomic E-state index is -2.88. The highest BCUT2D eigenvalue weighted by Crippen LogP contribution is 2.24. The number of benzene rings is 1. The molecule has 0 unspecified atom stereocenters. The highest BCUT2D eigenvalue weighted by molar-refractivity contribution is 8.02. The first kappa shape index (κ1) is 18.3. The SMILES string of the molecule is CCOCc1ccccc1CNC(=O)CS[C@H]1CCS(=O)(=O)C1. The molecule has 1 aliphatic rings. The Morgan fingerprint density at radius 1 is 1.35 bits per heavy atom. The van der Waals surface area contributed by atoms with E-state index in [2.05, 4.69) is 5.32 Å². The van der Waals surface area contributed by atoms with Crippen molar-refractivity contribution in [2.45, 2.75) is 31.7 Å². The standard InChI is InChI=1S/C16H23NO4S2/c1-2-21-10-14-6-4-3-5-13(14)9-17-16(18)11-22-15-7-8-23(19,20)12-15/h3-6,15H,2,7-12H2,1H3,(H,17,18)/t15-/m0/s1. The monoisotopic (exact) mass is 357 g/mol. The summed E-state index contributed by atoms with van der Waals surface area (Å²) in [6.07, 6.45) is 0.650. The smallest absolute Gasteiger partial charge is 0.230 e. The Balaban J connectivity index is 1.76. The minimum absolute atomic E-state index is 0.0518. The molecule has 0 radical (unpaired) electrons. The number of amides is 1. The molecule has 7 heteroatoms. The molecule has 5 nitrogen and oxygen atoms in total. The van der Waals surface area contributed by atoms with Gasteiger partial charge in [-0.2, -0.15) is 0 Å². The van der Waals surface area contributed by atoms with Gasteiger partial charge in [-0.3, -0.25) is 4.79 Å². The number of nitrogens with one attached hydrogen (secondary N) is 1. The van der Waals surface area contributed by atoms with Crippen LogP contribution in [0.1, 0.15) is 24.5 Å². The van der Waals surface area contributed by atoms with Crippen molar-refractivity contribution in [2.24, 2.45) is 0 Å². The average Bonchev–Trinajstić information content (AvgIpc) is 2.89. The van der Waals surface area contributed by atoms with Gasteiger partial charge in [-0.1, -0.05) is 24.3 Å². The second-order valence-corrected chi connectivity index (χ2v) is 9.04. The summed E-state index contributed by atoms with van der Waals surface area (Å²) in [5, 5.41) is 2.95. The van der Waals surface area contributed by atoms with E-state index in [4.69, 9.17) is 4.74 Å². The number of hydrogen-bond donors (Lipinski definition) is 1. The third-order valence-corrected chi connectivity index (χ3v) is 6.98. The molecule has 0 saturated carbocycles. The van der Waals surface area contributed by atoms with Crippen LogP contribution in [0.4, 0.5) is 0 Å². The van der Waals surface area contributed by atoms with Gasteiger partial charge in [-0.15, -0.1) is 11.8 Å². The molecule has 0 spiro atoms. The summed E-state index contributed by atoms with van der Waals surface area (Å²) in [5.74, 6) is 0.679. The van der Waals surface area contributed by atoms with Gasteiger partial charge in [0.25, 0.3) is 0 Å². The maximum absolute atomic E-state index is 11.9. The predicted molar refractivity (Wildman–Crippen MR) is 93.1 cm³/mol. The summed E-state index contributed by atoms with van der Waals surface area (Å²) in [5.41, 5.74) is 2.12. The van der Waals surface area contributed by atoms with Crippen LogP contribution in [0.25, 0.3) is 0 Å². The normalized spacial score (nSPS) is 19.6. The third-order valence-electron chi connectivity index (χ3n) is 3.70. The summed E-state index contributed by atoms with van der Waals surface area (Å²) in [4.78, 5) is 11.9. The van der Waals surface area contributed by atoms with Gasteiger partial charge < -0.3 is 10.1 Å². The Bertz CT molecular complexity index is 631. The molecule has 1 amide bonds. The first-order valence-electron chi connectivity index (χ1n) is 7.73. The van der Waals surface area contributed by atoms with E-state index in [1.165, 1.54) is 11.8 Å². The topological polar surface area (TPSA) is 72.5 Å². The van der Waals surface area contributed by atoms with Gasteiger partial charge in [0, 0.05) is 18.4 Å². The first-order valence-corrected chi connectivity index (χ1v) is 10.6. The highest BCUT2D eigenvalue weighted by atomic mass is 32.2. The van der Waals surface area contributed by atoms with Gasteiger partial charge in [0.05, 0.1) is 23.9 Å². The van der Waals surface area contributed by atoms with Crippen molar-refractivity contribution in [3.05, 3.63) is 35.4 Å². The molecular weight excluding hydrogens is 334 g/mol. The zero-order valence-corrected chi connectivity index (χ0v) is 14.9. The van der Waals surface area contributed by atoms with Crippen LogP contribution in [0.15, 0.2) is 24.3 Å². The van der Waals surface area contributed by atoms with Crippen LogP contribution in [0.3, 0.4) is 0 Å². The molecular formula is C16H23NO4S2. The second-order valence-electron chi connectivity index (χ2n) is 5.52. The van der Waals surface area contributed by atoms with Gasteiger partial charge in [-0.25, -0.2) is 8.42 Å². The maximum Gasteiger partial charge on any atom is 0.230 e. The van der Waals surface area contributed by atoms with Crippen molar-refractivity contribution in [1.29, 1.82) is 0 Å². The Labute approximate surface area is 142 Å². The first-order chi connectivity index (χ1) is 11.0. The lowest BCUT2D eigenvalue weighted by Crippen LogP contribution is -2.26. The summed E-state index contributed by atoms with van der Waals surface area (Å²) in [6.45, 7) is 3.61. The van der Waals surface area contributed by atoms with E-state index in [0.717, 1.165) is 11.1 Å². The minimum Gasteiger partial charge on any atom is -0.377 e. The number of carbonyl (C=O) groups excluding carboxylic acids is 1. The largest absolute Gasteiger partial charge is 0.377 e. The van der Waals surface area contributed by atoms with Gasteiger partial charge in [-0.05, 0) is 24.5 Å². The van der Waals surface area contributed by atoms with E-state index >= 15 is 0 Å². The van der Waals surface area contributed by atoms with E-state index in [0.29, 0.717) is 31.9 Å². The van der Waals surface area contributed by atoms with E-state index in [1.807, 2.05) is 31.2 Å². The maximum atomic E-state index is 11.9. The highest BCUT2D eigenvalue weighted by Gasteiger charge is 2.28. The molecule has 1 heterocycles. The van der Waals surface area contributed by atoms with Crippen LogP contribution >= 0.6 is 11.8 Å². The average molecular weight is 357 g/mol. The van der Waals surface area contributed by atoms with Crippen LogP contribution in [-0.2, 0) is 32.5 Å². The second kappa shape index (κ2) is 8.70. The number of sulfone groups is 1. The fourth-order valence-electron chi connectivity index (χ4n) is 2.41. The van der Waals surface area contributed by atoms with Gasteiger partial charge in [0.2, 0.25) is 5.91 Å². The molecule has 1 saturated heterocycles. The molecule has 1 aliphatic heterocycles. The van der Waals surface area contributed by atoms with E-state index in [-0.39, 0.29) is 22.7 Å².